The average molecular weight is 309 g/mol. The van der Waals surface area contributed by atoms with Crippen molar-refractivity contribution in [3.05, 3.63) is 0 Å². The summed E-state index contributed by atoms with van der Waals surface area (Å²) in [5.74, 6) is -0.0274. The first-order chi connectivity index (χ1) is 7.45. The van der Waals surface area contributed by atoms with Gasteiger partial charge in [-0.3, -0.25) is 9.13 Å². The van der Waals surface area contributed by atoms with Crippen LogP contribution in [-0.2, 0) is 20.0 Å². The van der Waals surface area contributed by atoms with Gasteiger partial charge >= 0.3 is 20.3 Å². The van der Waals surface area contributed by atoms with E-state index in [0.717, 1.165) is 12.8 Å². The Morgan fingerprint density at radius 2 is 1.53 bits per heavy atom. The lowest BCUT2D eigenvalue weighted by atomic mass is 10.4. The lowest BCUT2D eigenvalue weighted by Gasteiger charge is -2.27. The fourth-order valence-corrected chi connectivity index (χ4v) is 6.74. The number of hydrogen-bond donors (Lipinski definition) is 5. The van der Waals surface area contributed by atoms with Crippen molar-refractivity contribution in [2.24, 2.45) is 0 Å². The van der Waals surface area contributed by atoms with Crippen LogP contribution in [0.15, 0.2) is 0 Å². The van der Waals surface area contributed by atoms with Crippen LogP contribution in [0.25, 0.3) is 0 Å². The van der Waals surface area contributed by atoms with E-state index >= 15 is 0 Å². The summed E-state index contributed by atoms with van der Waals surface area (Å²) in [4.78, 5) is 35.7. The van der Waals surface area contributed by atoms with Crippen molar-refractivity contribution >= 4 is 26.1 Å². The van der Waals surface area contributed by atoms with E-state index in [4.69, 9.17) is 19.6 Å². The summed E-state index contributed by atoms with van der Waals surface area (Å²) in [7, 11) is -11.3. The maximum Gasteiger partial charge on any atom is 0.374 e. The van der Waals surface area contributed by atoms with E-state index in [2.05, 4.69) is 0 Å². The Balaban J connectivity index is 5.00. The monoisotopic (exact) mass is 309 g/mol. The normalized spacial score (nSPS) is 15.9. The Morgan fingerprint density at radius 1 is 1.12 bits per heavy atom. The van der Waals surface area contributed by atoms with Gasteiger partial charge in [-0.15, -0.1) is 0 Å². The number of rotatable bonds is 7. The predicted molar refractivity (Wildman–Crippen MR) is 67.0 cm³/mol. The fraction of sp³-hybridized carbons (Fsp3) is 1.00. The lowest BCUT2D eigenvalue weighted by molar-refractivity contribution is 0.149. The van der Waals surface area contributed by atoms with Crippen LogP contribution in [0.3, 0.4) is 0 Å². The number of unbranched alkanes of at least 4 members (excludes halogenated alkanes) is 1. The van der Waals surface area contributed by atoms with Gasteiger partial charge in [0.2, 0.25) is 0 Å². The Kier molecular flexibility index (Phi) is 6.39. The lowest BCUT2D eigenvalue weighted by Crippen LogP contribution is -2.37. The molecule has 0 saturated carbocycles. The molecule has 0 aromatic rings. The summed E-state index contributed by atoms with van der Waals surface area (Å²) in [5, 5.41) is 6.38. The molecule has 0 aromatic carbocycles. The van der Waals surface area contributed by atoms with Crippen molar-refractivity contribution in [3.8, 4) is 0 Å². The molecule has 1 unspecified atom stereocenters. The van der Waals surface area contributed by atoms with Crippen LogP contribution in [0.5, 0.6) is 0 Å². The summed E-state index contributed by atoms with van der Waals surface area (Å²) < 4.78 is 22.1. The van der Waals surface area contributed by atoms with Crippen molar-refractivity contribution in [1.82, 2.24) is 0 Å². The maximum atomic E-state index is 11.1. The molecule has 0 saturated heterocycles. The van der Waals surface area contributed by atoms with E-state index in [-0.39, 0.29) is 0 Å². The molecule has 0 aliphatic rings. The van der Waals surface area contributed by atoms with Gasteiger partial charge in [-0.05, 0) is 17.3 Å². The van der Waals surface area contributed by atoms with Gasteiger partial charge in [0.15, 0.2) is 5.75 Å². The average Bonchev–Trinajstić information content (AvgIpc) is 2.10. The van der Waals surface area contributed by atoms with Gasteiger partial charge in [-0.2, -0.15) is 0 Å². The minimum Gasteiger partial charge on any atom is -0.364 e. The van der Waals surface area contributed by atoms with Gasteiger partial charge in [0.25, 0.3) is 0 Å². The molecule has 0 heterocycles. The van der Waals surface area contributed by atoms with Gasteiger partial charge in [-0.25, -0.2) is 0 Å². The van der Waals surface area contributed by atoms with Crippen LogP contribution in [0, 0.1) is 0 Å². The Hall–Kier alpha value is 0.610. The second-order valence-electron chi connectivity index (χ2n) is 3.85. The Labute approximate surface area is 103 Å². The first kappa shape index (κ1) is 17.6. The molecule has 0 aliphatic heterocycles. The van der Waals surface area contributed by atoms with Crippen molar-refractivity contribution in [3.63, 3.8) is 0 Å². The van der Waals surface area contributed by atoms with Crippen LogP contribution < -0.4 is 0 Å². The first-order valence-corrected chi connectivity index (χ1v) is 10.1. The third-order valence-electron chi connectivity index (χ3n) is 2.22. The summed E-state index contributed by atoms with van der Waals surface area (Å²) in [6.07, 6.45) is 3.26. The molecule has 5 N–H and O–H groups in total. The molecule has 0 fully saturated rings. The van der Waals surface area contributed by atoms with E-state index in [1.54, 1.807) is 6.26 Å². The van der Waals surface area contributed by atoms with Crippen LogP contribution in [-0.4, -0.2) is 47.5 Å². The summed E-state index contributed by atoms with van der Waals surface area (Å²) in [5.41, 5.74) is 0. The fourth-order valence-electron chi connectivity index (χ4n) is 1.13. The molecule has 0 amide bonds. The molecule has 104 valence electrons. The minimum atomic E-state index is -5.30. The number of hydrogen-bond acceptors (Lipinski definition) is 3. The zero-order chi connectivity index (χ0) is 13.9. The molecule has 10 heteroatoms. The summed E-state index contributed by atoms with van der Waals surface area (Å²) in [6, 6.07) is 0. The quantitative estimate of drug-likeness (QED) is 0.331. The Morgan fingerprint density at radius 3 is 1.82 bits per heavy atom. The second-order valence-corrected chi connectivity index (χ2v) is 10.1. The molecule has 0 aliphatic carbocycles. The molecule has 1 atom stereocenters. The van der Waals surface area contributed by atoms with Gasteiger partial charge in [0.05, 0.1) is 6.26 Å². The highest BCUT2D eigenvalue weighted by Crippen LogP contribution is 2.67. The molecular weight excluding hydrogens is 290 g/mol. The molecule has 7 nitrogen and oxygen atoms in total. The first-order valence-electron chi connectivity index (χ1n) is 4.88. The summed E-state index contributed by atoms with van der Waals surface area (Å²) >= 11 is 0. The van der Waals surface area contributed by atoms with Gasteiger partial charge in [0.1, 0.15) is 5.75 Å². The van der Waals surface area contributed by atoms with E-state index in [9.17, 15) is 14.2 Å². The maximum absolute atomic E-state index is 11.1. The molecular formula is C7H19O7P2S+. The van der Waals surface area contributed by atoms with Gasteiger partial charge in [0, 0.05) is 0 Å². The topological polar surface area (TPSA) is 135 Å². The molecule has 17 heavy (non-hydrogen) atoms. The minimum absolute atomic E-state index is 0.568. The van der Waals surface area contributed by atoms with E-state index in [1.807, 2.05) is 6.92 Å². The largest absolute Gasteiger partial charge is 0.374 e. The van der Waals surface area contributed by atoms with Gasteiger partial charge in [-0.1, -0.05) is 13.3 Å². The highest BCUT2D eigenvalue weighted by Gasteiger charge is 2.62. The van der Waals surface area contributed by atoms with Gasteiger partial charge < -0.3 is 24.7 Å². The highest BCUT2D eigenvalue weighted by molar-refractivity contribution is 7.97. The summed E-state index contributed by atoms with van der Waals surface area (Å²) in [6.45, 7) is 1.93. The Bertz CT molecular complexity index is 313. The van der Waals surface area contributed by atoms with Crippen LogP contribution in [0.4, 0.5) is 0 Å². The van der Waals surface area contributed by atoms with Crippen molar-refractivity contribution < 1.29 is 33.8 Å². The van der Waals surface area contributed by atoms with Crippen LogP contribution in [0.2, 0.25) is 0 Å². The predicted octanol–water partition coefficient (Wildman–Crippen LogP) is 0.0361. The smallest absolute Gasteiger partial charge is 0.364 e. The number of aliphatic hydroxyl groups is 1. The van der Waals surface area contributed by atoms with Crippen molar-refractivity contribution in [1.29, 1.82) is 0 Å². The highest BCUT2D eigenvalue weighted by atomic mass is 32.2. The molecule has 0 aromatic heterocycles. The third kappa shape index (κ3) is 4.65. The van der Waals surface area contributed by atoms with E-state index < -0.39 is 36.9 Å². The van der Waals surface area contributed by atoms with E-state index in [0.29, 0.717) is 5.75 Å². The SMILES string of the molecule is CCCC[S+](C)CC(O)(P(=O)(O)O)P(=O)(O)O. The molecule has 0 rings (SSSR count). The van der Waals surface area contributed by atoms with Crippen LogP contribution in [0.1, 0.15) is 19.8 Å². The molecule has 0 spiro atoms. The molecule has 0 bridgehead atoms. The third-order valence-corrected chi connectivity index (χ3v) is 8.29. The standard InChI is InChI=1S/C7H18O7P2S/c1-3-4-5-17(2)6-7(8,15(9,10)11)16(12,13)14/h8H,3-6H2,1-2H3,(H3-,9,10,11,12,13,14)/p+1. The van der Waals surface area contributed by atoms with Crippen LogP contribution >= 0.6 is 15.2 Å². The zero-order valence-electron chi connectivity index (χ0n) is 9.68. The van der Waals surface area contributed by atoms with Crippen molar-refractivity contribution in [2.45, 2.75) is 24.8 Å². The van der Waals surface area contributed by atoms with Crippen molar-refractivity contribution in [2.75, 3.05) is 17.8 Å². The molecule has 0 radical (unpaired) electrons. The zero-order valence-corrected chi connectivity index (χ0v) is 12.3. The second kappa shape index (κ2) is 6.17. The van der Waals surface area contributed by atoms with E-state index in [1.165, 1.54) is 0 Å².